The molecule has 0 amide bonds. The molecule has 1 aromatic carbocycles. The SMILES string of the molecule is CSCCCCCCNC1CCc2cc(N)ccc21. The molecule has 19 heavy (non-hydrogen) atoms. The minimum atomic E-state index is 0.557. The molecule has 3 N–H and O–H groups in total. The second-order valence-electron chi connectivity index (χ2n) is 5.41. The highest BCUT2D eigenvalue weighted by Crippen LogP contribution is 2.32. The van der Waals surface area contributed by atoms with Crippen molar-refractivity contribution in [2.75, 3.05) is 24.3 Å². The summed E-state index contributed by atoms with van der Waals surface area (Å²) < 4.78 is 0. The smallest absolute Gasteiger partial charge is 0.0326 e. The Labute approximate surface area is 121 Å². The van der Waals surface area contributed by atoms with Gasteiger partial charge in [0, 0.05) is 11.7 Å². The normalized spacial score (nSPS) is 17.6. The molecular weight excluding hydrogens is 252 g/mol. The number of benzene rings is 1. The summed E-state index contributed by atoms with van der Waals surface area (Å²) in [7, 11) is 0. The zero-order valence-corrected chi connectivity index (χ0v) is 12.8. The maximum Gasteiger partial charge on any atom is 0.0326 e. The lowest BCUT2D eigenvalue weighted by Crippen LogP contribution is -2.20. The number of hydrogen-bond donors (Lipinski definition) is 2. The van der Waals surface area contributed by atoms with Gasteiger partial charge in [-0.3, -0.25) is 0 Å². The van der Waals surface area contributed by atoms with E-state index >= 15 is 0 Å². The number of unbranched alkanes of at least 4 members (excludes halogenated alkanes) is 3. The molecule has 0 bridgehead atoms. The number of thioether (sulfide) groups is 1. The number of aryl methyl sites for hydroxylation is 1. The Hall–Kier alpha value is -0.670. The van der Waals surface area contributed by atoms with Crippen LogP contribution in [0.15, 0.2) is 18.2 Å². The maximum absolute atomic E-state index is 5.83. The van der Waals surface area contributed by atoms with Gasteiger partial charge in [0.15, 0.2) is 0 Å². The lowest BCUT2D eigenvalue weighted by molar-refractivity contribution is 0.506. The summed E-state index contributed by atoms with van der Waals surface area (Å²) in [6.45, 7) is 1.15. The number of anilines is 1. The van der Waals surface area contributed by atoms with Gasteiger partial charge in [0.2, 0.25) is 0 Å². The Morgan fingerprint density at radius 1 is 1.26 bits per heavy atom. The quantitative estimate of drug-likeness (QED) is 0.561. The summed E-state index contributed by atoms with van der Waals surface area (Å²) in [6, 6.07) is 6.93. The van der Waals surface area contributed by atoms with E-state index in [4.69, 9.17) is 5.73 Å². The van der Waals surface area contributed by atoms with E-state index in [0.717, 1.165) is 12.2 Å². The standard InChI is InChI=1S/C16H26N2S/c1-19-11-5-3-2-4-10-18-16-9-6-13-12-14(17)7-8-15(13)16/h7-8,12,16,18H,2-6,9-11,17H2,1H3. The van der Waals surface area contributed by atoms with Gasteiger partial charge in [-0.05, 0) is 67.5 Å². The van der Waals surface area contributed by atoms with Crippen molar-refractivity contribution in [3.8, 4) is 0 Å². The number of nitrogens with one attached hydrogen (secondary N) is 1. The average molecular weight is 278 g/mol. The van der Waals surface area contributed by atoms with Gasteiger partial charge in [0.05, 0.1) is 0 Å². The van der Waals surface area contributed by atoms with Crippen molar-refractivity contribution in [2.45, 2.75) is 44.6 Å². The fourth-order valence-corrected chi connectivity index (χ4v) is 3.34. The minimum Gasteiger partial charge on any atom is -0.399 e. The summed E-state index contributed by atoms with van der Waals surface area (Å²) >= 11 is 1.95. The van der Waals surface area contributed by atoms with E-state index in [1.807, 2.05) is 17.8 Å². The second-order valence-corrected chi connectivity index (χ2v) is 6.40. The first-order chi connectivity index (χ1) is 9.31. The van der Waals surface area contributed by atoms with Gasteiger partial charge in [-0.15, -0.1) is 0 Å². The number of fused-ring (bicyclic) bond motifs is 1. The molecule has 106 valence electrons. The molecule has 1 aromatic rings. The molecule has 1 atom stereocenters. The highest BCUT2D eigenvalue weighted by Gasteiger charge is 2.21. The van der Waals surface area contributed by atoms with Crippen molar-refractivity contribution in [3.63, 3.8) is 0 Å². The van der Waals surface area contributed by atoms with Crippen LogP contribution in [0.2, 0.25) is 0 Å². The molecule has 2 rings (SSSR count). The van der Waals surface area contributed by atoms with Gasteiger partial charge < -0.3 is 11.1 Å². The van der Waals surface area contributed by atoms with Crippen LogP contribution in [0.25, 0.3) is 0 Å². The first-order valence-corrected chi connectivity index (χ1v) is 8.81. The maximum atomic E-state index is 5.83. The summed E-state index contributed by atoms with van der Waals surface area (Å²) in [6.07, 6.45) is 9.99. The third-order valence-electron chi connectivity index (χ3n) is 3.91. The van der Waals surface area contributed by atoms with Gasteiger partial charge in [0.1, 0.15) is 0 Å². The number of nitrogens with two attached hydrogens (primary N) is 1. The fraction of sp³-hybridized carbons (Fsp3) is 0.625. The average Bonchev–Trinajstić information content (AvgIpc) is 2.80. The van der Waals surface area contributed by atoms with Crippen LogP contribution >= 0.6 is 11.8 Å². The van der Waals surface area contributed by atoms with Crippen LogP contribution in [0.4, 0.5) is 5.69 Å². The minimum absolute atomic E-state index is 0.557. The summed E-state index contributed by atoms with van der Waals surface area (Å²) in [5.41, 5.74) is 9.64. The molecule has 1 aliphatic rings. The molecule has 0 spiro atoms. The van der Waals surface area contributed by atoms with Crippen LogP contribution in [-0.4, -0.2) is 18.6 Å². The monoisotopic (exact) mass is 278 g/mol. The zero-order chi connectivity index (χ0) is 13.5. The lowest BCUT2D eigenvalue weighted by Gasteiger charge is -2.14. The number of nitrogen functional groups attached to an aromatic ring is 1. The predicted molar refractivity (Wildman–Crippen MR) is 86.8 cm³/mol. The van der Waals surface area contributed by atoms with E-state index < -0.39 is 0 Å². The Kier molecular flexibility index (Phi) is 6.05. The summed E-state index contributed by atoms with van der Waals surface area (Å²) in [5.74, 6) is 1.31. The second kappa shape index (κ2) is 7.81. The topological polar surface area (TPSA) is 38.0 Å². The first-order valence-electron chi connectivity index (χ1n) is 7.42. The molecule has 0 saturated heterocycles. The van der Waals surface area contributed by atoms with Crippen molar-refractivity contribution in [3.05, 3.63) is 29.3 Å². The van der Waals surface area contributed by atoms with Crippen LogP contribution in [0.3, 0.4) is 0 Å². The van der Waals surface area contributed by atoms with E-state index in [9.17, 15) is 0 Å². The molecule has 0 heterocycles. The van der Waals surface area contributed by atoms with Crippen molar-refractivity contribution in [1.82, 2.24) is 5.32 Å². The van der Waals surface area contributed by atoms with Crippen LogP contribution in [-0.2, 0) is 6.42 Å². The van der Waals surface area contributed by atoms with E-state index in [1.165, 1.54) is 55.4 Å². The van der Waals surface area contributed by atoms with E-state index in [-0.39, 0.29) is 0 Å². The van der Waals surface area contributed by atoms with Gasteiger partial charge >= 0.3 is 0 Å². The Balaban J connectivity index is 1.66. The predicted octanol–water partition coefficient (Wildman–Crippen LogP) is 3.77. The van der Waals surface area contributed by atoms with Crippen molar-refractivity contribution < 1.29 is 0 Å². The van der Waals surface area contributed by atoms with Crippen molar-refractivity contribution in [2.24, 2.45) is 0 Å². The van der Waals surface area contributed by atoms with E-state index in [0.29, 0.717) is 6.04 Å². The van der Waals surface area contributed by atoms with Gasteiger partial charge in [-0.1, -0.05) is 18.9 Å². The first kappa shape index (κ1) is 14.7. The highest BCUT2D eigenvalue weighted by atomic mass is 32.2. The molecule has 0 fully saturated rings. The third kappa shape index (κ3) is 4.43. The molecule has 0 saturated carbocycles. The lowest BCUT2D eigenvalue weighted by atomic mass is 10.1. The molecule has 0 aromatic heterocycles. The van der Waals surface area contributed by atoms with Gasteiger partial charge in [-0.2, -0.15) is 11.8 Å². The zero-order valence-electron chi connectivity index (χ0n) is 12.0. The molecule has 3 heteroatoms. The Morgan fingerprint density at radius 2 is 2.11 bits per heavy atom. The van der Waals surface area contributed by atoms with E-state index in [1.54, 1.807) is 0 Å². The van der Waals surface area contributed by atoms with Crippen LogP contribution < -0.4 is 11.1 Å². The molecule has 1 aliphatic carbocycles. The van der Waals surface area contributed by atoms with E-state index in [2.05, 4.69) is 23.7 Å². The number of rotatable bonds is 8. The molecule has 0 aliphatic heterocycles. The summed E-state index contributed by atoms with van der Waals surface area (Å²) in [4.78, 5) is 0. The van der Waals surface area contributed by atoms with Crippen molar-refractivity contribution >= 4 is 17.4 Å². The largest absolute Gasteiger partial charge is 0.399 e. The Morgan fingerprint density at radius 3 is 2.95 bits per heavy atom. The highest BCUT2D eigenvalue weighted by molar-refractivity contribution is 7.98. The molecule has 2 nitrogen and oxygen atoms in total. The fourth-order valence-electron chi connectivity index (χ4n) is 2.85. The van der Waals surface area contributed by atoms with Crippen LogP contribution in [0.5, 0.6) is 0 Å². The molecular formula is C16H26N2S. The van der Waals surface area contributed by atoms with Crippen molar-refractivity contribution in [1.29, 1.82) is 0 Å². The summed E-state index contributed by atoms with van der Waals surface area (Å²) in [5, 5.41) is 3.70. The van der Waals surface area contributed by atoms with Gasteiger partial charge in [-0.25, -0.2) is 0 Å². The van der Waals surface area contributed by atoms with Gasteiger partial charge in [0.25, 0.3) is 0 Å². The van der Waals surface area contributed by atoms with Crippen LogP contribution in [0.1, 0.15) is 49.3 Å². The van der Waals surface area contributed by atoms with Crippen LogP contribution in [0, 0.1) is 0 Å². The molecule has 0 radical (unpaired) electrons. The number of hydrogen-bond acceptors (Lipinski definition) is 3. The Bertz CT molecular complexity index is 392. The third-order valence-corrected chi connectivity index (χ3v) is 4.61. The molecule has 1 unspecified atom stereocenters.